The molecule has 0 saturated carbocycles. The summed E-state index contributed by atoms with van der Waals surface area (Å²) in [6.45, 7) is 14.3. The Hall–Kier alpha value is -7.34. The number of rotatable bonds is 21. The lowest BCUT2D eigenvalue weighted by molar-refractivity contribution is 0.210. The van der Waals surface area contributed by atoms with Crippen molar-refractivity contribution in [1.29, 1.82) is 0 Å². The second kappa shape index (κ2) is 24.0. The molecule has 16 nitrogen and oxygen atoms in total. The van der Waals surface area contributed by atoms with Crippen molar-refractivity contribution < 1.29 is 70.2 Å². The fourth-order valence-electron chi connectivity index (χ4n) is 8.93. The molecule has 0 aliphatic carbocycles. The topological polar surface area (TPSA) is 264 Å². The van der Waals surface area contributed by atoms with Gasteiger partial charge in [0, 0.05) is 0 Å². The Kier molecular flexibility index (Phi) is 17.9. The number of ether oxygens (including phenoxy) is 2. The molecule has 0 aromatic heterocycles. The maximum Gasteiger partial charge on any atom is 0.210 e. The molecule has 0 heterocycles. The van der Waals surface area contributed by atoms with Crippen LogP contribution in [0.25, 0.3) is 0 Å². The monoisotopic (exact) mass is 1250 g/mol. The van der Waals surface area contributed by atoms with Gasteiger partial charge in [0.25, 0.3) is 0 Å². The standard InChI is InChI=1S/C62H62O16S6/c1-39(2)43-9-17-47(18-10-43)81(69,70)59-35-51(25-29-55(59)63)79(65,66)53-27-31-57(61(37-53)83(73,74)49-21-13-45(14-22-49)41(5)6)77-33-34-78-58-32-28-54(38-62(58)84(75,76)50-23-15-46(16-24-50)42(7)8)80(67,68)52-26-30-56(64)60(36-52)82(71,72)48-19-11-44(12-20-48)40(3)4/h9-32,35-42,63-64H,33-34H2,1-8H3. The molecule has 0 aliphatic rings. The van der Waals surface area contributed by atoms with Crippen molar-refractivity contribution in [3.05, 3.63) is 192 Å². The van der Waals surface area contributed by atoms with Crippen LogP contribution in [0.4, 0.5) is 0 Å². The first kappa shape index (κ1) is 62.7. The smallest absolute Gasteiger partial charge is 0.210 e. The minimum atomic E-state index is -4.76. The Labute approximate surface area is 492 Å². The molecule has 2 N–H and O–H groups in total. The van der Waals surface area contributed by atoms with Gasteiger partial charge in [-0.25, -0.2) is 50.5 Å². The molecule has 442 valence electrons. The third-order valence-corrected chi connectivity index (χ3v) is 24.8. The van der Waals surface area contributed by atoms with Crippen LogP contribution in [0, 0.1) is 0 Å². The van der Waals surface area contributed by atoms with Gasteiger partial charge in [0.15, 0.2) is 0 Å². The van der Waals surface area contributed by atoms with Gasteiger partial charge in [-0.05, 0) is 167 Å². The highest BCUT2D eigenvalue weighted by Gasteiger charge is 2.33. The largest absolute Gasteiger partial charge is 0.507 e. The maximum atomic E-state index is 14.6. The SMILES string of the molecule is CC(C)c1ccc(S(=O)(=O)c2cc(S(=O)(=O)c3ccc(OCCOc4ccc(S(=O)(=O)c5ccc(O)c(S(=O)(=O)c6ccc(C(C)C)cc6)c5)cc4S(=O)(=O)c4ccc(C(C)C)cc4)c(S(=O)(=O)c4ccc(C(C)C)cc4)c3)ccc2O)cc1. The average molecular weight is 1260 g/mol. The summed E-state index contributed by atoms with van der Waals surface area (Å²) in [7, 11) is -27.8. The normalized spacial score (nSPS) is 12.8. The molecule has 0 fully saturated rings. The van der Waals surface area contributed by atoms with Gasteiger partial charge < -0.3 is 19.7 Å². The van der Waals surface area contributed by atoms with E-state index in [1.54, 1.807) is 48.5 Å². The molecule has 0 radical (unpaired) electrons. The highest BCUT2D eigenvalue weighted by molar-refractivity contribution is 7.93. The molecule has 0 bridgehead atoms. The fraction of sp³-hybridized carbons (Fsp3) is 0.226. The number of phenolic OH excluding ortho intramolecular Hbond substituents is 2. The number of phenols is 2. The molecule has 0 unspecified atom stereocenters. The summed E-state index contributed by atoms with van der Waals surface area (Å²) in [6, 6.07) is 34.9. The minimum absolute atomic E-state index is 0.0199. The highest BCUT2D eigenvalue weighted by Crippen LogP contribution is 2.40. The Morgan fingerprint density at radius 2 is 0.476 bits per heavy atom. The second-order valence-electron chi connectivity index (χ2n) is 21.1. The molecule has 0 spiro atoms. The van der Waals surface area contributed by atoms with E-state index in [2.05, 4.69) is 0 Å². The maximum absolute atomic E-state index is 14.6. The zero-order valence-corrected chi connectivity index (χ0v) is 51.8. The molecule has 22 heteroatoms. The van der Waals surface area contributed by atoms with Gasteiger partial charge in [0.2, 0.25) is 59.0 Å². The Morgan fingerprint density at radius 1 is 0.274 bits per heavy atom. The van der Waals surface area contributed by atoms with Crippen LogP contribution >= 0.6 is 0 Å². The van der Waals surface area contributed by atoms with Crippen molar-refractivity contribution in [3.8, 4) is 23.0 Å². The van der Waals surface area contributed by atoms with E-state index in [1.807, 2.05) is 55.4 Å². The van der Waals surface area contributed by atoms with Gasteiger partial charge in [-0.1, -0.05) is 104 Å². The van der Waals surface area contributed by atoms with Gasteiger partial charge in [0.05, 0.1) is 39.2 Å². The Bertz CT molecular complexity index is 4210. The summed E-state index contributed by atoms with van der Waals surface area (Å²) in [5.41, 5.74) is 3.28. The number of benzene rings is 8. The Morgan fingerprint density at radius 3 is 0.714 bits per heavy atom. The van der Waals surface area contributed by atoms with Crippen molar-refractivity contribution in [1.82, 2.24) is 0 Å². The van der Waals surface area contributed by atoms with Crippen LogP contribution in [0.15, 0.2) is 229 Å². The number of aromatic hydroxyl groups is 2. The van der Waals surface area contributed by atoms with Gasteiger partial charge in [-0.15, -0.1) is 0 Å². The van der Waals surface area contributed by atoms with Crippen LogP contribution in [0.3, 0.4) is 0 Å². The predicted molar refractivity (Wildman–Crippen MR) is 315 cm³/mol. The van der Waals surface area contributed by atoms with Crippen molar-refractivity contribution in [2.24, 2.45) is 0 Å². The van der Waals surface area contributed by atoms with Crippen LogP contribution in [0.1, 0.15) is 101 Å². The summed E-state index contributed by atoms with van der Waals surface area (Å²) in [6.07, 6.45) is 0. The molecule has 0 saturated heterocycles. The van der Waals surface area contributed by atoms with E-state index in [0.29, 0.717) is 0 Å². The highest BCUT2D eigenvalue weighted by atomic mass is 32.2. The first-order valence-corrected chi connectivity index (χ1v) is 35.3. The van der Waals surface area contributed by atoms with Crippen LogP contribution < -0.4 is 9.47 Å². The van der Waals surface area contributed by atoms with Crippen molar-refractivity contribution in [2.75, 3.05) is 13.2 Å². The van der Waals surface area contributed by atoms with E-state index < -0.39 is 123 Å². The lowest BCUT2D eigenvalue weighted by Crippen LogP contribution is -2.15. The molecule has 84 heavy (non-hydrogen) atoms. The summed E-state index contributed by atoms with van der Waals surface area (Å²) in [5, 5.41) is 21.6. The zero-order chi connectivity index (χ0) is 61.5. The summed E-state index contributed by atoms with van der Waals surface area (Å²) in [4.78, 5) is -5.94. The second-order valence-corrected chi connectivity index (χ2v) is 32.7. The summed E-state index contributed by atoms with van der Waals surface area (Å²) >= 11 is 0. The quantitative estimate of drug-likeness (QED) is 0.0633. The molecule has 8 aromatic rings. The minimum Gasteiger partial charge on any atom is -0.507 e. The third kappa shape index (κ3) is 12.6. The van der Waals surface area contributed by atoms with E-state index in [9.17, 15) is 60.7 Å². The summed E-state index contributed by atoms with van der Waals surface area (Å²) < 4.78 is 184. The van der Waals surface area contributed by atoms with E-state index in [0.717, 1.165) is 95.1 Å². The van der Waals surface area contributed by atoms with Crippen molar-refractivity contribution in [3.63, 3.8) is 0 Å². The van der Waals surface area contributed by atoms with Gasteiger partial charge in [-0.3, -0.25) is 0 Å². The van der Waals surface area contributed by atoms with Crippen LogP contribution in [-0.4, -0.2) is 73.9 Å². The predicted octanol–water partition coefficient (Wildman–Crippen LogP) is 12.0. The van der Waals surface area contributed by atoms with Gasteiger partial charge >= 0.3 is 0 Å². The molecule has 0 aliphatic heterocycles. The third-order valence-electron chi connectivity index (χ3n) is 14.1. The first-order chi connectivity index (χ1) is 39.3. The van der Waals surface area contributed by atoms with E-state index >= 15 is 0 Å². The molecule has 0 amide bonds. The molecule has 0 atom stereocenters. The number of sulfone groups is 6. The number of hydrogen-bond donors (Lipinski definition) is 2. The lowest BCUT2D eigenvalue weighted by atomic mass is 10.0. The first-order valence-electron chi connectivity index (χ1n) is 26.4. The average Bonchev–Trinajstić information content (AvgIpc) is 2.35. The lowest BCUT2D eigenvalue weighted by Gasteiger charge is -2.17. The van der Waals surface area contributed by atoms with E-state index in [-0.39, 0.29) is 54.8 Å². The van der Waals surface area contributed by atoms with E-state index in [4.69, 9.17) is 9.47 Å². The van der Waals surface area contributed by atoms with Crippen molar-refractivity contribution >= 4 is 59.0 Å². The van der Waals surface area contributed by atoms with Gasteiger partial charge in [-0.2, -0.15) is 0 Å². The van der Waals surface area contributed by atoms with Crippen LogP contribution in [0.2, 0.25) is 0 Å². The molecule has 8 aromatic carbocycles. The zero-order valence-electron chi connectivity index (χ0n) is 46.9. The summed E-state index contributed by atoms with van der Waals surface area (Å²) in [5.74, 6) is -2.00. The van der Waals surface area contributed by atoms with Crippen molar-refractivity contribution in [2.45, 2.75) is 138 Å². The van der Waals surface area contributed by atoms with Crippen LogP contribution in [-0.2, 0) is 59.0 Å². The number of hydrogen-bond acceptors (Lipinski definition) is 16. The van der Waals surface area contributed by atoms with E-state index in [1.165, 1.54) is 48.5 Å². The fourth-order valence-corrected chi connectivity index (χ4v) is 17.4. The van der Waals surface area contributed by atoms with Gasteiger partial charge in [0.1, 0.15) is 55.8 Å². The molecule has 8 rings (SSSR count). The van der Waals surface area contributed by atoms with Crippen LogP contribution in [0.5, 0.6) is 23.0 Å². The Balaban J connectivity index is 1.14. The molecular weight excluding hydrogens is 1190 g/mol. The molecular formula is C62H62O16S6.